The van der Waals surface area contributed by atoms with E-state index in [0.717, 1.165) is 39.0 Å². The molecule has 4 aromatic carbocycles. The molecule has 182 valence electrons. The van der Waals surface area contributed by atoms with Gasteiger partial charge in [-0.15, -0.1) is 0 Å². The fourth-order valence-electron chi connectivity index (χ4n) is 5.26. The third-order valence-corrected chi connectivity index (χ3v) is 7.96. The van der Waals surface area contributed by atoms with Crippen LogP contribution in [0.1, 0.15) is 44.4 Å². The Labute approximate surface area is 218 Å². The number of nitrogens with zero attached hydrogens (tertiary/aromatic N) is 1. The number of benzene rings is 4. The monoisotopic (exact) mass is 485 g/mol. The maximum atomic E-state index is 7.65. The van der Waals surface area contributed by atoms with Gasteiger partial charge in [0.15, 0.2) is 11.3 Å². The molecule has 2 heterocycles. The summed E-state index contributed by atoms with van der Waals surface area (Å²) in [4.78, 5) is 3.73. The summed E-state index contributed by atoms with van der Waals surface area (Å²) < 4.78 is 19.8. The van der Waals surface area contributed by atoms with Crippen molar-refractivity contribution in [3.8, 4) is 16.9 Å². The average Bonchev–Trinajstić information content (AvgIpc) is 3.14. The van der Waals surface area contributed by atoms with Crippen molar-refractivity contribution in [2.24, 2.45) is 0 Å². The summed E-state index contributed by atoms with van der Waals surface area (Å²) in [6.07, 6.45) is 0. The largest absolute Gasteiger partial charge is 0.494 e. The first-order valence-electron chi connectivity index (χ1n) is 12.6. The van der Waals surface area contributed by atoms with Gasteiger partial charge < -0.3 is 14.0 Å². The molecular weight excluding hydrogens is 457 g/mol. The van der Waals surface area contributed by atoms with Gasteiger partial charge in [0.2, 0.25) is 0 Å². The van der Waals surface area contributed by atoms with Crippen LogP contribution < -0.4 is 10.2 Å². The van der Waals surface area contributed by atoms with Crippen LogP contribution in [0.4, 0.5) is 5.69 Å². The standard InChI is InChI=1S/C32H28BNO3/c1-30(2)31(3,4)37-33(36-30)24-16-18-26-27-21-25(34-5)17-19-28(27)32(35-29(26)20-24,22-12-8-6-9-13-22)23-14-10-7-11-15-23/h6-21H,1-4H3. The summed E-state index contributed by atoms with van der Waals surface area (Å²) in [5, 5.41) is 0. The summed E-state index contributed by atoms with van der Waals surface area (Å²) in [6.45, 7) is 15.9. The molecular formula is C32H28BNO3. The van der Waals surface area contributed by atoms with Gasteiger partial charge in [-0.05, 0) is 50.9 Å². The Hall–Kier alpha value is -3.85. The first-order chi connectivity index (χ1) is 17.7. The van der Waals surface area contributed by atoms with Crippen LogP contribution in [0.15, 0.2) is 97.1 Å². The molecule has 0 unspecified atom stereocenters. The van der Waals surface area contributed by atoms with E-state index in [1.165, 1.54) is 0 Å². The van der Waals surface area contributed by atoms with E-state index in [1.807, 2.05) is 66.7 Å². The smallest absolute Gasteiger partial charge is 0.472 e. The van der Waals surface area contributed by atoms with Crippen LogP contribution in [0.3, 0.4) is 0 Å². The molecule has 0 saturated carbocycles. The highest BCUT2D eigenvalue weighted by atomic mass is 16.7. The molecule has 0 atom stereocenters. The third kappa shape index (κ3) is 3.60. The molecule has 37 heavy (non-hydrogen) atoms. The van der Waals surface area contributed by atoms with Crippen LogP contribution in [0.5, 0.6) is 5.75 Å². The quantitative estimate of drug-likeness (QED) is 0.234. The molecule has 4 aromatic rings. The average molecular weight is 485 g/mol. The Bertz CT molecular complexity index is 1470. The lowest BCUT2D eigenvalue weighted by Gasteiger charge is -2.41. The van der Waals surface area contributed by atoms with E-state index < -0.39 is 23.9 Å². The lowest BCUT2D eigenvalue weighted by Crippen LogP contribution is -2.41. The maximum Gasteiger partial charge on any atom is 0.494 e. The molecule has 0 bridgehead atoms. The molecule has 0 aromatic heterocycles. The van der Waals surface area contributed by atoms with Crippen LogP contribution in [0, 0.1) is 6.57 Å². The van der Waals surface area contributed by atoms with E-state index in [4.69, 9.17) is 20.6 Å². The second-order valence-corrected chi connectivity index (χ2v) is 10.7. The number of hydrogen-bond donors (Lipinski definition) is 0. The van der Waals surface area contributed by atoms with Gasteiger partial charge in [-0.25, -0.2) is 4.85 Å². The third-order valence-electron chi connectivity index (χ3n) is 7.96. The Morgan fingerprint density at radius 1 is 0.676 bits per heavy atom. The maximum absolute atomic E-state index is 7.65. The second kappa shape index (κ2) is 8.35. The first-order valence-corrected chi connectivity index (χ1v) is 12.6. The molecule has 4 nitrogen and oxygen atoms in total. The summed E-state index contributed by atoms with van der Waals surface area (Å²) in [5.41, 5.74) is 4.70. The predicted octanol–water partition coefficient (Wildman–Crippen LogP) is 6.89. The summed E-state index contributed by atoms with van der Waals surface area (Å²) in [6, 6.07) is 32.6. The molecule has 0 aliphatic carbocycles. The van der Waals surface area contributed by atoms with Crippen molar-refractivity contribution in [2.75, 3.05) is 0 Å². The summed E-state index contributed by atoms with van der Waals surface area (Å²) >= 11 is 0. The van der Waals surface area contributed by atoms with Gasteiger partial charge in [0.25, 0.3) is 0 Å². The predicted molar refractivity (Wildman–Crippen MR) is 147 cm³/mol. The highest BCUT2D eigenvalue weighted by molar-refractivity contribution is 6.62. The molecule has 0 amide bonds. The Balaban J connectivity index is 1.59. The lowest BCUT2D eigenvalue weighted by molar-refractivity contribution is 0.00578. The van der Waals surface area contributed by atoms with Crippen molar-refractivity contribution in [3.63, 3.8) is 0 Å². The number of rotatable bonds is 3. The Kier molecular flexibility index (Phi) is 5.31. The van der Waals surface area contributed by atoms with E-state index in [2.05, 4.69) is 62.9 Å². The van der Waals surface area contributed by atoms with Gasteiger partial charge in [0.05, 0.1) is 17.8 Å². The highest BCUT2D eigenvalue weighted by Crippen LogP contribution is 2.52. The lowest BCUT2D eigenvalue weighted by atomic mass is 9.73. The zero-order valence-electron chi connectivity index (χ0n) is 21.5. The fraction of sp³-hybridized carbons (Fsp3) is 0.219. The molecule has 5 heteroatoms. The van der Waals surface area contributed by atoms with Crippen LogP contribution in [0.2, 0.25) is 0 Å². The zero-order valence-corrected chi connectivity index (χ0v) is 21.5. The normalized spacial score (nSPS) is 18.3. The van der Waals surface area contributed by atoms with Crippen LogP contribution in [-0.2, 0) is 14.9 Å². The highest BCUT2D eigenvalue weighted by Gasteiger charge is 2.52. The van der Waals surface area contributed by atoms with Gasteiger partial charge in [-0.1, -0.05) is 84.9 Å². The van der Waals surface area contributed by atoms with E-state index in [-0.39, 0.29) is 0 Å². The van der Waals surface area contributed by atoms with E-state index >= 15 is 0 Å². The molecule has 2 aliphatic rings. The van der Waals surface area contributed by atoms with Crippen molar-refractivity contribution in [2.45, 2.75) is 44.5 Å². The summed E-state index contributed by atoms with van der Waals surface area (Å²) in [7, 11) is -0.502. The molecule has 6 rings (SSSR count). The van der Waals surface area contributed by atoms with Gasteiger partial charge in [0.1, 0.15) is 5.75 Å². The Morgan fingerprint density at radius 3 is 1.84 bits per heavy atom. The Morgan fingerprint density at radius 2 is 1.27 bits per heavy atom. The van der Waals surface area contributed by atoms with Crippen LogP contribution in [-0.4, -0.2) is 18.3 Å². The van der Waals surface area contributed by atoms with Gasteiger partial charge in [-0.2, -0.15) is 0 Å². The van der Waals surface area contributed by atoms with Crippen molar-refractivity contribution >= 4 is 18.3 Å². The van der Waals surface area contributed by atoms with Gasteiger partial charge in [0, 0.05) is 22.3 Å². The second-order valence-electron chi connectivity index (χ2n) is 10.7. The molecule has 0 radical (unpaired) electrons. The molecule has 1 saturated heterocycles. The van der Waals surface area contributed by atoms with E-state index in [0.29, 0.717) is 5.69 Å². The minimum absolute atomic E-state index is 0.441. The van der Waals surface area contributed by atoms with Crippen LogP contribution in [0.25, 0.3) is 16.0 Å². The number of ether oxygens (including phenoxy) is 1. The summed E-state index contributed by atoms with van der Waals surface area (Å²) in [5.74, 6) is 0.731. The van der Waals surface area contributed by atoms with Gasteiger partial charge in [-0.3, -0.25) is 0 Å². The SMILES string of the molecule is [C-]#[N+]c1ccc2c(c1)-c1ccc(B3OC(C)(C)C(C)(C)O3)cc1OC2(c1ccccc1)c1ccccc1. The number of hydrogen-bond acceptors (Lipinski definition) is 3. The van der Waals surface area contributed by atoms with Crippen molar-refractivity contribution < 1.29 is 14.0 Å². The molecule has 2 aliphatic heterocycles. The van der Waals surface area contributed by atoms with Crippen LogP contribution >= 0.6 is 0 Å². The topological polar surface area (TPSA) is 32.0 Å². The fourth-order valence-corrected chi connectivity index (χ4v) is 5.26. The molecule has 1 fully saturated rings. The molecule has 0 spiro atoms. The minimum atomic E-state index is -0.889. The zero-order chi connectivity index (χ0) is 25.8. The van der Waals surface area contributed by atoms with Crippen molar-refractivity contribution in [1.29, 1.82) is 0 Å². The van der Waals surface area contributed by atoms with E-state index in [1.54, 1.807) is 0 Å². The van der Waals surface area contributed by atoms with Crippen molar-refractivity contribution in [3.05, 3.63) is 125 Å². The van der Waals surface area contributed by atoms with E-state index in [9.17, 15) is 0 Å². The number of fused-ring (bicyclic) bond motifs is 3. The minimum Gasteiger partial charge on any atom is -0.472 e. The van der Waals surface area contributed by atoms with Crippen molar-refractivity contribution in [1.82, 2.24) is 0 Å². The van der Waals surface area contributed by atoms with Gasteiger partial charge >= 0.3 is 7.12 Å². The molecule has 0 N–H and O–H groups in total. The first kappa shape index (κ1) is 23.5.